The van der Waals surface area contributed by atoms with Crippen LogP contribution in [0.25, 0.3) is 0 Å². The molecule has 0 spiro atoms. The lowest BCUT2D eigenvalue weighted by molar-refractivity contribution is 0.587. The molecule has 0 aromatic heterocycles. The Bertz CT molecular complexity index is 407. The van der Waals surface area contributed by atoms with Crippen LogP contribution in [0.3, 0.4) is 0 Å². The van der Waals surface area contributed by atoms with Crippen LogP contribution in [0.15, 0.2) is 24.3 Å². The molecule has 0 bridgehead atoms. The molecule has 88 valence electrons. The van der Waals surface area contributed by atoms with Crippen molar-refractivity contribution in [2.24, 2.45) is 0 Å². The Morgan fingerprint density at radius 2 is 1.94 bits per heavy atom. The van der Waals surface area contributed by atoms with Gasteiger partial charge < -0.3 is 14.8 Å². The maximum absolute atomic E-state index is 12.0. The third kappa shape index (κ3) is 2.66. The smallest absolute Gasteiger partial charge is 0.109 e. The summed E-state index contributed by atoms with van der Waals surface area (Å²) in [5.74, 6) is 0. The fraction of sp³-hybridized carbons (Fsp3) is 0.500. The second kappa shape index (κ2) is 4.60. The van der Waals surface area contributed by atoms with E-state index in [1.807, 2.05) is 25.5 Å². The van der Waals surface area contributed by atoms with Gasteiger partial charge in [-0.25, -0.2) is 0 Å². The first kappa shape index (κ1) is 11.7. The summed E-state index contributed by atoms with van der Waals surface area (Å²) < 4.78 is 12.0. The number of nitrogens with zero attached hydrogens (tertiary/aromatic N) is 1. The molecule has 0 aliphatic carbocycles. The highest BCUT2D eigenvalue weighted by atomic mass is 31.2. The minimum Gasteiger partial charge on any atom is -0.369 e. The summed E-state index contributed by atoms with van der Waals surface area (Å²) >= 11 is 0. The van der Waals surface area contributed by atoms with Crippen LogP contribution in [0.5, 0.6) is 0 Å². The second-order valence-electron chi connectivity index (χ2n) is 4.61. The zero-order chi connectivity index (χ0) is 11.6. The summed E-state index contributed by atoms with van der Waals surface area (Å²) in [5, 5.41) is 4.31. The highest BCUT2D eigenvalue weighted by Gasteiger charge is 2.14. The average Bonchev–Trinajstić information content (AvgIpc) is 2.29. The van der Waals surface area contributed by atoms with Gasteiger partial charge in [0.1, 0.15) is 7.14 Å². The summed E-state index contributed by atoms with van der Waals surface area (Å²) in [7, 11) is -2.14. The molecule has 1 aromatic carbocycles. The molecule has 1 aliphatic rings. The maximum atomic E-state index is 12.0. The second-order valence-corrected chi connectivity index (χ2v) is 7.83. The molecule has 0 unspecified atom stereocenters. The van der Waals surface area contributed by atoms with Crippen molar-refractivity contribution in [1.82, 2.24) is 5.32 Å². The van der Waals surface area contributed by atoms with E-state index in [4.69, 9.17) is 0 Å². The van der Waals surface area contributed by atoms with Crippen LogP contribution >= 0.6 is 7.14 Å². The van der Waals surface area contributed by atoms with Gasteiger partial charge in [-0.3, -0.25) is 0 Å². The number of rotatable bonds is 2. The van der Waals surface area contributed by atoms with E-state index in [1.54, 1.807) is 0 Å². The van der Waals surface area contributed by atoms with Crippen LogP contribution in [0.1, 0.15) is 0 Å². The molecule has 1 heterocycles. The number of piperazine rings is 1. The van der Waals surface area contributed by atoms with Crippen molar-refractivity contribution in [3.05, 3.63) is 24.3 Å². The van der Waals surface area contributed by atoms with Gasteiger partial charge in [0.25, 0.3) is 0 Å². The summed E-state index contributed by atoms with van der Waals surface area (Å²) in [6.45, 7) is 7.76. The standard InChI is InChI=1S/C12H19N2OP/c1-16(2,15)12-5-3-4-11(10-12)14-8-6-13-7-9-14/h3-5,10,13H,6-9H2,1-2H3. The fourth-order valence-corrected chi connectivity index (χ4v) is 2.84. The third-order valence-electron chi connectivity index (χ3n) is 2.93. The van der Waals surface area contributed by atoms with Crippen molar-refractivity contribution >= 4 is 18.1 Å². The van der Waals surface area contributed by atoms with Crippen molar-refractivity contribution in [1.29, 1.82) is 0 Å². The van der Waals surface area contributed by atoms with Gasteiger partial charge in [-0.15, -0.1) is 0 Å². The van der Waals surface area contributed by atoms with Crippen LogP contribution in [-0.4, -0.2) is 39.5 Å². The monoisotopic (exact) mass is 238 g/mol. The Labute approximate surface area is 97.2 Å². The molecule has 1 saturated heterocycles. The lowest BCUT2D eigenvalue weighted by Gasteiger charge is -2.29. The van der Waals surface area contributed by atoms with Crippen LogP contribution in [0.2, 0.25) is 0 Å². The van der Waals surface area contributed by atoms with Crippen molar-refractivity contribution in [2.75, 3.05) is 44.4 Å². The topological polar surface area (TPSA) is 32.3 Å². The van der Waals surface area contributed by atoms with Gasteiger partial charge in [0, 0.05) is 37.2 Å². The van der Waals surface area contributed by atoms with Gasteiger partial charge in [-0.05, 0) is 25.5 Å². The normalized spacial score (nSPS) is 17.5. The van der Waals surface area contributed by atoms with Gasteiger partial charge in [-0.1, -0.05) is 12.1 Å². The molecule has 2 rings (SSSR count). The molecule has 0 atom stereocenters. The van der Waals surface area contributed by atoms with Crippen molar-refractivity contribution < 1.29 is 4.57 Å². The van der Waals surface area contributed by atoms with Crippen molar-refractivity contribution in [2.45, 2.75) is 0 Å². The lowest BCUT2D eigenvalue weighted by Crippen LogP contribution is -2.43. The largest absolute Gasteiger partial charge is 0.369 e. The maximum Gasteiger partial charge on any atom is 0.109 e. The first-order valence-corrected chi connectivity index (χ1v) is 8.29. The average molecular weight is 238 g/mol. The van der Waals surface area contributed by atoms with E-state index in [0.29, 0.717) is 0 Å². The van der Waals surface area contributed by atoms with Gasteiger partial charge in [-0.2, -0.15) is 0 Å². The minimum absolute atomic E-state index is 0.975. The Morgan fingerprint density at radius 1 is 1.25 bits per heavy atom. The number of hydrogen-bond donors (Lipinski definition) is 1. The first-order valence-electron chi connectivity index (χ1n) is 5.69. The van der Waals surface area contributed by atoms with Crippen LogP contribution in [-0.2, 0) is 4.57 Å². The van der Waals surface area contributed by atoms with Crippen LogP contribution in [0, 0.1) is 0 Å². The predicted molar refractivity (Wildman–Crippen MR) is 70.6 cm³/mol. The molecule has 3 nitrogen and oxygen atoms in total. The molecule has 4 heteroatoms. The zero-order valence-electron chi connectivity index (χ0n) is 9.94. The van der Waals surface area contributed by atoms with Gasteiger partial charge in [0.2, 0.25) is 0 Å². The quantitative estimate of drug-likeness (QED) is 0.789. The highest BCUT2D eigenvalue weighted by Crippen LogP contribution is 2.35. The van der Waals surface area contributed by atoms with Crippen LogP contribution < -0.4 is 15.5 Å². The number of hydrogen-bond acceptors (Lipinski definition) is 3. The Hall–Kier alpha value is -0.790. The first-order chi connectivity index (χ1) is 7.57. The highest BCUT2D eigenvalue weighted by molar-refractivity contribution is 7.70. The lowest BCUT2D eigenvalue weighted by atomic mass is 10.2. The van der Waals surface area contributed by atoms with E-state index in [1.165, 1.54) is 5.69 Å². The van der Waals surface area contributed by atoms with Gasteiger partial charge in [0.15, 0.2) is 0 Å². The molecule has 1 N–H and O–H groups in total. The zero-order valence-corrected chi connectivity index (χ0v) is 10.8. The number of benzene rings is 1. The van der Waals surface area contributed by atoms with Gasteiger partial charge in [0.05, 0.1) is 0 Å². The molecule has 0 saturated carbocycles. The van der Waals surface area contributed by atoms with Crippen molar-refractivity contribution in [3.63, 3.8) is 0 Å². The predicted octanol–water partition coefficient (Wildman–Crippen LogP) is 1.34. The van der Waals surface area contributed by atoms with E-state index < -0.39 is 7.14 Å². The molecular weight excluding hydrogens is 219 g/mol. The Morgan fingerprint density at radius 3 is 2.56 bits per heavy atom. The molecular formula is C12H19N2OP. The molecule has 1 fully saturated rings. The fourth-order valence-electron chi connectivity index (χ4n) is 1.95. The summed E-state index contributed by atoms with van der Waals surface area (Å²) in [5.41, 5.74) is 1.20. The Balaban J connectivity index is 2.24. The SMILES string of the molecule is CP(C)(=O)c1cccc(N2CCNCC2)c1. The molecule has 0 amide bonds. The van der Waals surface area contributed by atoms with E-state index in [2.05, 4.69) is 22.3 Å². The molecule has 16 heavy (non-hydrogen) atoms. The van der Waals surface area contributed by atoms with Crippen LogP contribution in [0.4, 0.5) is 5.69 Å². The van der Waals surface area contributed by atoms with Gasteiger partial charge >= 0.3 is 0 Å². The summed E-state index contributed by atoms with van der Waals surface area (Å²) in [6.07, 6.45) is 0. The van der Waals surface area contributed by atoms with E-state index in [-0.39, 0.29) is 0 Å². The number of anilines is 1. The molecule has 0 radical (unpaired) electrons. The summed E-state index contributed by atoms with van der Waals surface area (Å²) in [6, 6.07) is 8.15. The van der Waals surface area contributed by atoms with E-state index in [9.17, 15) is 4.57 Å². The van der Waals surface area contributed by atoms with E-state index >= 15 is 0 Å². The molecule has 1 aliphatic heterocycles. The number of nitrogens with one attached hydrogen (secondary N) is 1. The molecule has 1 aromatic rings. The summed E-state index contributed by atoms with van der Waals surface area (Å²) in [4.78, 5) is 2.34. The van der Waals surface area contributed by atoms with Crippen molar-refractivity contribution in [3.8, 4) is 0 Å². The minimum atomic E-state index is -2.14. The Kier molecular flexibility index (Phi) is 3.36. The van der Waals surface area contributed by atoms with E-state index in [0.717, 1.165) is 31.5 Å². The third-order valence-corrected chi connectivity index (χ3v) is 4.46.